The van der Waals surface area contributed by atoms with Crippen LogP contribution in [-0.4, -0.2) is 220 Å². The zero-order valence-electron chi connectivity index (χ0n) is 50.9. The monoisotopic (exact) mass is 1350 g/mol. The number of aliphatic hydroxyl groups excluding tert-OH is 6. The average molecular weight is 1350 g/mol. The number of nitrogens with one attached hydrogen (secondary N) is 5. The number of imidazole rings is 1. The van der Waals surface area contributed by atoms with Gasteiger partial charge < -0.3 is 96.8 Å². The number of aromatic nitrogens is 3. The van der Waals surface area contributed by atoms with Crippen molar-refractivity contribution in [3.05, 3.63) is 84.1 Å². The fraction of sp³-hybridized carbons (Fsp3) is 0.483. The van der Waals surface area contributed by atoms with Crippen molar-refractivity contribution >= 4 is 75.9 Å². The number of carbonyl (C=O) groups is 8. The van der Waals surface area contributed by atoms with Crippen molar-refractivity contribution in [2.75, 3.05) is 40.0 Å². The number of fused-ring (bicyclic) bond motifs is 3. The van der Waals surface area contributed by atoms with Crippen LogP contribution in [0.2, 0.25) is 0 Å². The Balaban J connectivity index is 0.0000123. The first-order chi connectivity index (χ1) is 43.9. The molecule has 0 bridgehead atoms. The molecule has 498 valence electrons. The molecule has 13 atom stereocenters. The molecule has 5 aromatic rings. The summed E-state index contributed by atoms with van der Waals surface area (Å²) in [6.07, 6.45) is -9.15. The van der Waals surface area contributed by atoms with Crippen molar-refractivity contribution in [3.63, 3.8) is 0 Å². The van der Waals surface area contributed by atoms with Gasteiger partial charge in [-0.2, -0.15) is 5.10 Å². The molecule has 5 heterocycles. The number of ether oxygens (including phenoxy) is 2. The second-order valence-corrected chi connectivity index (χ2v) is 23.9. The fourth-order valence-electron chi connectivity index (χ4n) is 10.8. The Morgan fingerprint density at radius 3 is 2.17 bits per heavy atom. The zero-order chi connectivity index (χ0) is 66.5. The molecule has 0 aliphatic carbocycles. The van der Waals surface area contributed by atoms with Gasteiger partial charge in [-0.3, -0.25) is 43.4 Å². The number of nitrogens with zero attached hydrogens (tertiary/aromatic N) is 5. The Bertz CT molecular complexity index is 3390. The molecule has 32 nitrogen and oxygen atoms in total. The van der Waals surface area contributed by atoms with Gasteiger partial charge in [0.05, 0.1) is 61.5 Å². The van der Waals surface area contributed by atoms with Crippen LogP contribution >= 0.6 is 23.7 Å². The molecular weight excluding hydrogens is 1270 g/mol. The molecule has 2 aromatic heterocycles. The van der Waals surface area contributed by atoms with Crippen LogP contribution in [0.5, 0.6) is 17.2 Å². The molecule has 3 saturated heterocycles. The van der Waals surface area contributed by atoms with E-state index in [0.717, 1.165) is 59.4 Å². The third-order valence-corrected chi connectivity index (χ3v) is 17.0. The van der Waals surface area contributed by atoms with E-state index in [4.69, 9.17) is 29.5 Å². The maximum Gasteiger partial charge on any atom is 1.00 e. The van der Waals surface area contributed by atoms with E-state index in [9.17, 15) is 79.4 Å². The molecule has 35 heteroatoms. The molecule has 3 aliphatic heterocycles. The van der Waals surface area contributed by atoms with Crippen LogP contribution in [0.25, 0.3) is 26.8 Å². The number of hydrogen-bond acceptors (Lipinski definition) is 25. The number of β-amino-alcohol motifs (C(OH)–C–C–N with tert-alkyl or cyclic N) is 1. The summed E-state index contributed by atoms with van der Waals surface area (Å²) < 4.78 is 21.7. The number of aliphatic hydroxyl groups is 6. The molecule has 93 heavy (non-hydrogen) atoms. The van der Waals surface area contributed by atoms with Gasteiger partial charge in [0.25, 0.3) is 18.2 Å². The average Bonchev–Trinajstić information content (AvgIpc) is 1.71. The van der Waals surface area contributed by atoms with Crippen LogP contribution in [0.4, 0.5) is 0 Å². The summed E-state index contributed by atoms with van der Waals surface area (Å²) in [5, 5.41) is 110. The minimum Gasteiger partial charge on any atom is -0.691 e. The van der Waals surface area contributed by atoms with E-state index in [1.807, 2.05) is 24.3 Å². The van der Waals surface area contributed by atoms with Gasteiger partial charge in [-0.1, -0.05) is 36.5 Å². The smallest absolute Gasteiger partial charge is 0.691 e. The molecule has 0 saturated carbocycles. The Morgan fingerprint density at radius 2 is 1.49 bits per heavy atom. The van der Waals surface area contributed by atoms with E-state index < -0.39 is 177 Å². The number of methoxy groups -OCH3 is 1. The minimum absolute atomic E-state index is 0. The van der Waals surface area contributed by atoms with Gasteiger partial charge in [0, 0.05) is 75.2 Å². The molecule has 0 spiro atoms. The molecule has 13 unspecified atom stereocenters. The van der Waals surface area contributed by atoms with Crippen molar-refractivity contribution in [3.8, 4) is 39.1 Å². The summed E-state index contributed by atoms with van der Waals surface area (Å²) in [5.41, 5.74) is 7.41. The number of carbonyl (C=O) groups excluding carboxylic acids is 8. The first-order valence-corrected chi connectivity index (χ1v) is 30.7. The Labute approximate surface area is 562 Å². The van der Waals surface area contributed by atoms with E-state index in [1.54, 1.807) is 30.0 Å². The van der Waals surface area contributed by atoms with Crippen molar-refractivity contribution in [1.29, 1.82) is 0 Å². The number of primary amides is 1. The molecule has 3 fully saturated rings. The Hall–Kier alpha value is -7.13. The second-order valence-electron chi connectivity index (χ2n) is 22.5. The number of phenolic OH excluding ortho intramolecular Hbond substituents is 1. The zero-order valence-corrected chi connectivity index (χ0v) is 54.5. The second kappa shape index (κ2) is 33.8. The summed E-state index contributed by atoms with van der Waals surface area (Å²) in [6.45, 7) is 2.12. The van der Waals surface area contributed by atoms with E-state index in [-0.39, 0.29) is 58.8 Å². The number of unbranched alkanes of at least 4 members (excludes halogenated alkanes) is 2. The minimum atomic E-state index is -2.23. The predicted molar refractivity (Wildman–Crippen MR) is 320 cm³/mol. The Kier molecular flexibility index (Phi) is 26.6. The number of phenols is 1. The topological polar surface area (TPSA) is 470 Å². The third kappa shape index (κ3) is 18.8. The van der Waals surface area contributed by atoms with Crippen LogP contribution < -0.4 is 76.1 Å². The standard InChI is InChI=1S/C58H73N11O21S2.Na/c1-28-25-68-48(49(28)77)54(82)60-24-34(71)21-37(61-50(78)32-10-8-31(9-11-32)38-27-69-58(62-38)91-55(66-69)33-12-14-36(15-13-33)87-18-6-4-5-17-86-3)51(79)63-45(29(2)70)56(83)67-26-35(72)22-39(67)52(80)64-46(53(81)65-47(57(68)84)42(75)23-44(59)76)41(74)19-30-7-16-40(73)43(20-30)88-92-90-89-85;/h7-16,20,27-29,34-35,37,39,41-42,45-49,70-75,77,85H,4-6,17-19,21-26H2,1-3H3,(H2,59,76)(H,60,82)(H,61,78)(H,63,79)(H,64,80)(H,65,81);/q;+1/p-1. The van der Waals surface area contributed by atoms with Crippen LogP contribution in [0, 0.1) is 5.92 Å². The van der Waals surface area contributed by atoms with Gasteiger partial charge in [-0.25, -0.2) is 9.50 Å². The molecule has 0 radical (unpaired) electrons. The van der Waals surface area contributed by atoms with Crippen molar-refractivity contribution in [1.82, 2.24) is 51.0 Å². The maximum atomic E-state index is 14.7. The normalized spacial score (nSPS) is 24.5. The van der Waals surface area contributed by atoms with Gasteiger partial charge in [0.15, 0.2) is 11.5 Å². The van der Waals surface area contributed by atoms with Gasteiger partial charge in [-0.15, -0.1) is 4.33 Å². The number of rotatable bonds is 22. The molecule has 8 amide bonds. The summed E-state index contributed by atoms with van der Waals surface area (Å²) in [4.78, 5) is 120. The number of hydrogen-bond donors (Lipinski definition) is 13. The van der Waals surface area contributed by atoms with Gasteiger partial charge in [0.1, 0.15) is 47.0 Å². The van der Waals surface area contributed by atoms with Gasteiger partial charge in [0.2, 0.25) is 46.3 Å². The van der Waals surface area contributed by atoms with Crippen molar-refractivity contribution in [2.45, 2.75) is 132 Å². The van der Waals surface area contributed by atoms with Gasteiger partial charge in [-0.05, 0) is 80.3 Å². The molecule has 3 aromatic carbocycles. The van der Waals surface area contributed by atoms with Crippen molar-refractivity contribution < 1.29 is 132 Å². The molecule has 3 aliphatic rings. The van der Waals surface area contributed by atoms with Gasteiger partial charge >= 0.3 is 29.6 Å². The SMILES string of the molecule is COCCCCCOc1ccc(-c2nn3cc(-c4ccc(C(=O)NC5CC(O)CNC(=O)C6C(O)C(C)CN6C(=O)C(C(O)CC(N)=O)NC(=O)C(C(O)Cc6ccc(O)c(OSOO[O-])c6)NC(=O)C6CC(O)CN6C(=O)C(C(C)O)NC5=O)cc4)nc3s2)cc1.[Na+]. The summed E-state index contributed by atoms with van der Waals surface area (Å²) >= 11 is 1.34. The van der Waals surface area contributed by atoms with Crippen LogP contribution in [0.3, 0.4) is 0 Å². The van der Waals surface area contributed by atoms with Crippen molar-refractivity contribution in [2.24, 2.45) is 11.7 Å². The largest absolute Gasteiger partial charge is 1.00 e. The summed E-state index contributed by atoms with van der Waals surface area (Å²) in [7, 11) is 1.67. The number of nitrogens with two attached hydrogens (primary N) is 1. The third-order valence-electron chi connectivity index (χ3n) is 15.7. The summed E-state index contributed by atoms with van der Waals surface area (Å²) in [6, 6.07) is 5.33. The number of aromatic hydroxyl groups is 1. The predicted octanol–water partition coefficient (Wildman–Crippen LogP) is -5.98. The molecule has 8 rings (SSSR count). The molecular formula is C58H72N11NaO21S2. The first kappa shape index (κ1) is 73.3. The van der Waals surface area contributed by atoms with E-state index in [0.29, 0.717) is 34.4 Å². The Morgan fingerprint density at radius 1 is 0.817 bits per heavy atom. The summed E-state index contributed by atoms with van der Waals surface area (Å²) in [5.74, 6) is -10.5. The quantitative estimate of drug-likeness (QED) is 0.0101. The molecule has 14 N–H and O–H groups in total. The number of amides is 8. The number of benzene rings is 3. The van der Waals surface area contributed by atoms with Crippen LogP contribution in [0.1, 0.15) is 68.3 Å². The first-order valence-electron chi connectivity index (χ1n) is 29.2. The van der Waals surface area contributed by atoms with E-state index in [1.165, 1.54) is 36.5 Å². The maximum absolute atomic E-state index is 14.7. The fourth-order valence-corrected chi connectivity index (χ4v) is 12.0. The van der Waals surface area contributed by atoms with Crippen LogP contribution in [0.15, 0.2) is 72.9 Å². The van der Waals surface area contributed by atoms with E-state index in [2.05, 4.69) is 36.0 Å². The van der Waals surface area contributed by atoms with Crippen LogP contribution in [-0.2, 0) is 54.1 Å². The van der Waals surface area contributed by atoms with E-state index >= 15 is 0 Å².